The van der Waals surface area contributed by atoms with Crippen molar-refractivity contribution in [3.05, 3.63) is 29.3 Å². The van der Waals surface area contributed by atoms with Gasteiger partial charge < -0.3 is 14.8 Å². The molecule has 1 amide bonds. The lowest BCUT2D eigenvalue weighted by Crippen LogP contribution is -2.30. The topological polar surface area (TPSA) is 79.5 Å². The van der Waals surface area contributed by atoms with Gasteiger partial charge in [-0.2, -0.15) is 13.2 Å². The van der Waals surface area contributed by atoms with Crippen molar-refractivity contribution in [1.82, 2.24) is 0 Å². The Morgan fingerprint density at radius 3 is 2.55 bits per heavy atom. The lowest BCUT2D eigenvalue weighted by Gasteiger charge is -2.07. The van der Waals surface area contributed by atoms with Gasteiger partial charge in [-0.05, 0) is 12.1 Å². The number of hydrogen-bond acceptors (Lipinski definition) is 4. The normalized spacial score (nSPS) is 11.3. The number of nitrogens with one attached hydrogen (secondary N) is 1. The molecular weight excluding hydrogens is 299 g/mol. The third-order valence-electron chi connectivity index (χ3n) is 2.28. The van der Waals surface area contributed by atoms with Crippen molar-refractivity contribution in [2.24, 2.45) is 0 Å². The van der Waals surface area contributed by atoms with E-state index in [4.69, 9.17) is 9.52 Å². The molecule has 0 aromatic carbocycles. The van der Waals surface area contributed by atoms with E-state index in [1.807, 2.05) is 0 Å². The smallest absolute Gasteiger partial charge is 0.471 e. The SMILES string of the molecule is O=C(O)c1c(-c2ccco2)csc1NC(=O)C(F)(F)F. The fourth-order valence-electron chi connectivity index (χ4n) is 1.45. The highest BCUT2D eigenvalue weighted by atomic mass is 32.1. The second kappa shape index (κ2) is 5.00. The number of carbonyl (C=O) groups is 2. The maximum atomic E-state index is 12.2. The summed E-state index contributed by atoms with van der Waals surface area (Å²) in [5.41, 5.74) is -0.340. The molecular formula is C11H6F3NO4S. The number of furan rings is 1. The van der Waals surface area contributed by atoms with E-state index in [0.717, 1.165) is 0 Å². The molecule has 0 unspecified atom stereocenters. The van der Waals surface area contributed by atoms with Crippen molar-refractivity contribution in [3.8, 4) is 11.3 Å². The Balaban J connectivity index is 2.41. The van der Waals surface area contributed by atoms with Crippen LogP contribution in [-0.4, -0.2) is 23.2 Å². The highest BCUT2D eigenvalue weighted by Crippen LogP contribution is 2.36. The first-order chi connectivity index (χ1) is 9.30. The first-order valence-electron chi connectivity index (χ1n) is 5.07. The molecule has 0 bridgehead atoms. The second-order valence-electron chi connectivity index (χ2n) is 3.59. The Hall–Kier alpha value is -2.29. The summed E-state index contributed by atoms with van der Waals surface area (Å²) in [6.45, 7) is 0. The molecule has 0 fully saturated rings. The van der Waals surface area contributed by atoms with Gasteiger partial charge in [-0.25, -0.2) is 4.79 Å². The van der Waals surface area contributed by atoms with Crippen LogP contribution in [0.15, 0.2) is 28.2 Å². The molecule has 20 heavy (non-hydrogen) atoms. The van der Waals surface area contributed by atoms with Crippen LogP contribution in [-0.2, 0) is 4.79 Å². The first kappa shape index (κ1) is 14.1. The van der Waals surface area contributed by atoms with Crippen molar-refractivity contribution in [1.29, 1.82) is 0 Å². The molecule has 2 rings (SSSR count). The van der Waals surface area contributed by atoms with Gasteiger partial charge in [0.25, 0.3) is 0 Å². The zero-order chi connectivity index (χ0) is 14.9. The van der Waals surface area contributed by atoms with Crippen LogP contribution in [0, 0.1) is 0 Å². The number of carboxylic acids is 1. The molecule has 2 aromatic rings. The van der Waals surface area contributed by atoms with Crippen LogP contribution in [0.2, 0.25) is 0 Å². The zero-order valence-electron chi connectivity index (χ0n) is 9.52. The van der Waals surface area contributed by atoms with E-state index in [2.05, 4.69) is 0 Å². The molecule has 5 nitrogen and oxygen atoms in total. The number of aromatic carboxylic acids is 1. The number of carboxylic acid groups (broad SMARTS) is 1. The quantitative estimate of drug-likeness (QED) is 0.912. The summed E-state index contributed by atoms with van der Waals surface area (Å²) in [6.07, 6.45) is -3.79. The van der Waals surface area contributed by atoms with Gasteiger partial charge in [-0.15, -0.1) is 11.3 Å². The fourth-order valence-corrected chi connectivity index (χ4v) is 2.39. The van der Waals surface area contributed by atoms with E-state index in [9.17, 15) is 22.8 Å². The number of amides is 1. The standard InChI is InChI=1S/C11H6F3NO4S/c12-11(13,14)10(18)15-8-7(9(16)17)5(4-20-8)6-2-1-3-19-6/h1-4H,(H,15,18)(H,16,17). The molecule has 0 saturated carbocycles. The molecule has 0 saturated heterocycles. The summed E-state index contributed by atoms with van der Waals surface area (Å²) in [6, 6.07) is 2.97. The van der Waals surface area contributed by atoms with E-state index in [1.54, 1.807) is 5.32 Å². The third kappa shape index (κ3) is 2.67. The van der Waals surface area contributed by atoms with Crippen LogP contribution in [0.4, 0.5) is 18.2 Å². The predicted molar refractivity (Wildman–Crippen MR) is 63.7 cm³/mol. The average Bonchev–Trinajstić information content (AvgIpc) is 2.94. The van der Waals surface area contributed by atoms with Crippen LogP contribution >= 0.6 is 11.3 Å². The van der Waals surface area contributed by atoms with Crippen LogP contribution in [0.25, 0.3) is 11.3 Å². The van der Waals surface area contributed by atoms with Crippen molar-refractivity contribution in [2.45, 2.75) is 6.18 Å². The summed E-state index contributed by atoms with van der Waals surface area (Å²) >= 11 is 0.674. The first-order valence-corrected chi connectivity index (χ1v) is 5.95. The highest BCUT2D eigenvalue weighted by Gasteiger charge is 2.39. The minimum Gasteiger partial charge on any atom is -0.478 e. The zero-order valence-corrected chi connectivity index (χ0v) is 10.3. The van der Waals surface area contributed by atoms with E-state index in [1.165, 1.54) is 23.8 Å². The Morgan fingerprint density at radius 2 is 2.05 bits per heavy atom. The second-order valence-corrected chi connectivity index (χ2v) is 4.47. The van der Waals surface area contributed by atoms with Crippen molar-refractivity contribution < 1.29 is 32.3 Å². The predicted octanol–water partition coefficient (Wildman–Crippen LogP) is 3.21. The molecule has 0 radical (unpaired) electrons. The molecule has 0 aliphatic carbocycles. The van der Waals surface area contributed by atoms with Crippen LogP contribution in [0.3, 0.4) is 0 Å². The minimum atomic E-state index is -5.09. The summed E-state index contributed by atoms with van der Waals surface area (Å²) in [7, 11) is 0. The molecule has 0 atom stereocenters. The van der Waals surface area contributed by atoms with Crippen molar-refractivity contribution in [3.63, 3.8) is 0 Å². The Morgan fingerprint density at radius 1 is 1.35 bits per heavy atom. The number of carbonyl (C=O) groups excluding carboxylic acids is 1. The Kier molecular flexibility index (Phi) is 3.53. The molecule has 2 heterocycles. The number of alkyl halides is 3. The largest absolute Gasteiger partial charge is 0.478 e. The van der Waals surface area contributed by atoms with E-state index in [-0.39, 0.29) is 11.3 Å². The van der Waals surface area contributed by atoms with E-state index in [0.29, 0.717) is 11.3 Å². The molecule has 2 N–H and O–H groups in total. The lowest BCUT2D eigenvalue weighted by molar-refractivity contribution is -0.167. The molecule has 0 aliphatic heterocycles. The third-order valence-corrected chi connectivity index (χ3v) is 3.17. The highest BCUT2D eigenvalue weighted by molar-refractivity contribution is 7.15. The summed E-state index contributed by atoms with van der Waals surface area (Å²) < 4.78 is 41.5. The average molecular weight is 305 g/mol. The molecule has 0 spiro atoms. The van der Waals surface area contributed by atoms with Crippen molar-refractivity contribution >= 4 is 28.2 Å². The van der Waals surface area contributed by atoms with Gasteiger partial charge in [0, 0.05) is 10.9 Å². The fraction of sp³-hybridized carbons (Fsp3) is 0.0909. The number of thiophene rings is 1. The minimum absolute atomic E-state index is 0.102. The Labute approximate surface area is 113 Å². The lowest BCUT2D eigenvalue weighted by atomic mass is 10.1. The van der Waals surface area contributed by atoms with Gasteiger partial charge in [0.15, 0.2) is 0 Å². The summed E-state index contributed by atoms with van der Waals surface area (Å²) in [4.78, 5) is 22.0. The number of rotatable bonds is 3. The van der Waals surface area contributed by atoms with Gasteiger partial charge in [0.1, 0.15) is 16.3 Å². The molecule has 9 heteroatoms. The van der Waals surface area contributed by atoms with Gasteiger partial charge in [0.05, 0.1) is 6.26 Å². The molecule has 0 aliphatic rings. The number of hydrogen-bond donors (Lipinski definition) is 2. The summed E-state index contributed by atoms with van der Waals surface area (Å²) in [5, 5.41) is 11.5. The number of anilines is 1. The van der Waals surface area contributed by atoms with Gasteiger partial charge in [-0.1, -0.05) is 0 Å². The molecule has 106 valence electrons. The maximum Gasteiger partial charge on any atom is 0.471 e. The number of halogens is 3. The van der Waals surface area contributed by atoms with E-state index >= 15 is 0 Å². The van der Waals surface area contributed by atoms with Crippen LogP contribution in [0.5, 0.6) is 0 Å². The van der Waals surface area contributed by atoms with Gasteiger partial charge in [0.2, 0.25) is 0 Å². The molecule has 2 aromatic heterocycles. The Bertz CT molecular complexity index is 645. The monoisotopic (exact) mass is 305 g/mol. The van der Waals surface area contributed by atoms with Crippen LogP contribution in [0.1, 0.15) is 10.4 Å². The van der Waals surface area contributed by atoms with Crippen molar-refractivity contribution in [2.75, 3.05) is 5.32 Å². The summed E-state index contributed by atoms with van der Waals surface area (Å²) in [5.74, 6) is -3.51. The maximum absolute atomic E-state index is 12.2. The van der Waals surface area contributed by atoms with Gasteiger partial charge >= 0.3 is 18.1 Å². The van der Waals surface area contributed by atoms with Crippen LogP contribution < -0.4 is 5.32 Å². The van der Waals surface area contributed by atoms with E-state index < -0.39 is 28.6 Å². The van der Waals surface area contributed by atoms with Gasteiger partial charge in [-0.3, -0.25) is 4.79 Å².